The van der Waals surface area contributed by atoms with Crippen molar-refractivity contribution in [3.05, 3.63) is 35.4 Å². The maximum Gasteiger partial charge on any atom is 0.129 e. The fourth-order valence-electron chi connectivity index (χ4n) is 2.62. The molecule has 2 atom stereocenters. The van der Waals surface area contributed by atoms with Gasteiger partial charge >= 0.3 is 0 Å². The Labute approximate surface area is 108 Å². The summed E-state index contributed by atoms with van der Waals surface area (Å²) in [5.74, 6) is 0.233. The molecule has 0 heterocycles. The smallest absolute Gasteiger partial charge is 0.129 e. The molecule has 18 heavy (non-hydrogen) atoms. The predicted molar refractivity (Wildman–Crippen MR) is 69.5 cm³/mol. The van der Waals surface area contributed by atoms with Crippen molar-refractivity contribution >= 4 is 0 Å². The van der Waals surface area contributed by atoms with E-state index in [0.29, 0.717) is 17.4 Å². The lowest BCUT2D eigenvalue weighted by molar-refractivity contribution is 0.232. The van der Waals surface area contributed by atoms with Crippen LogP contribution in [-0.4, -0.2) is 13.1 Å². The second kappa shape index (κ2) is 5.79. The van der Waals surface area contributed by atoms with Crippen molar-refractivity contribution in [2.24, 2.45) is 11.8 Å². The topological polar surface area (TPSA) is 12.0 Å². The standard InChI is InChI=1S/C15H21F2N/c1-10(2)8-18-9-11-6-7-12(11)15-13(16)4-3-5-14(15)17/h3-5,10-12,18H,6-9H2,1-2H3. The Morgan fingerprint density at radius 1 is 1.22 bits per heavy atom. The van der Waals surface area contributed by atoms with Crippen LogP contribution in [0.4, 0.5) is 8.78 Å². The van der Waals surface area contributed by atoms with E-state index in [9.17, 15) is 8.78 Å². The summed E-state index contributed by atoms with van der Waals surface area (Å²) in [5, 5.41) is 3.38. The molecule has 0 radical (unpaired) electrons. The Morgan fingerprint density at radius 3 is 2.39 bits per heavy atom. The molecule has 1 saturated carbocycles. The average Bonchev–Trinajstić information content (AvgIpc) is 2.27. The minimum Gasteiger partial charge on any atom is -0.316 e. The monoisotopic (exact) mass is 253 g/mol. The first-order valence-electron chi connectivity index (χ1n) is 6.74. The summed E-state index contributed by atoms with van der Waals surface area (Å²) in [6, 6.07) is 4.14. The summed E-state index contributed by atoms with van der Waals surface area (Å²) in [5.41, 5.74) is 0.292. The third kappa shape index (κ3) is 2.89. The number of halogens is 2. The molecular weight excluding hydrogens is 232 g/mol. The molecule has 1 nitrogen and oxygen atoms in total. The minimum atomic E-state index is -0.395. The molecule has 1 fully saturated rings. The van der Waals surface area contributed by atoms with Crippen molar-refractivity contribution in [1.82, 2.24) is 5.32 Å². The number of hydrogen-bond acceptors (Lipinski definition) is 1. The Hall–Kier alpha value is -0.960. The highest BCUT2D eigenvalue weighted by Crippen LogP contribution is 2.43. The van der Waals surface area contributed by atoms with Crippen LogP contribution in [0.15, 0.2) is 18.2 Å². The highest BCUT2D eigenvalue weighted by atomic mass is 19.1. The van der Waals surface area contributed by atoms with Crippen LogP contribution in [0.25, 0.3) is 0 Å². The van der Waals surface area contributed by atoms with Gasteiger partial charge in [-0.05, 0) is 55.8 Å². The van der Waals surface area contributed by atoms with Crippen LogP contribution in [0, 0.1) is 23.5 Å². The van der Waals surface area contributed by atoms with Crippen LogP contribution >= 0.6 is 0 Å². The van der Waals surface area contributed by atoms with Gasteiger partial charge in [0.2, 0.25) is 0 Å². The van der Waals surface area contributed by atoms with E-state index in [2.05, 4.69) is 19.2 Å². The van der Waals surface area contributed by atoms with E-state index in [1.54, 1.807) is 0 Å². The average molecular weight is 253 g/mol. The van der Waals surface area contributed by atoms with Gasteiger partial charge in [-0.2, -0.15) is 0 Å². The van der Waals surface area contributed by atoms with Crippen molar-refractivity contribution < 1.29 is 8.78 Å². The van der Waals surface area contributed by atoms with Crippen LogP contribution < -0.4 is 5.32 Å². The zero-order valence-electron chi connectivity index (χ0n) is 11.0. The van der Waals surface area contributed by atoms with Crippen LogP contribution in [-0.2, 0) is 0 Å². The van der Waals surface area contributed by atoms with Crippen LogP contribution in [0.2, 0.25) is 0 Å². The molecule has 1 N–H and O–H groups in total. The summed E-state index contributed by atoms with van der Waals surface area (Å²) in [6.07, 6.45) is 1.95. The maximum absolute atomic E-state index is 13.7. The molecule has 0 aliphatic heterocycles. The first-order chi connectivity index (χ1) is 8.59. The van der Waals surface area contributed by atoms with E-state index in [0.717, 1.165) is 25.9 Å². The molecule has 2 rings (SSSR count). The number of benzene rings is 1. The van der Waals surface area contributed by atoms with Gasteiger partial charge in [0.1, 0.15) is 11.6 Å². The van der Waals surface area contributed by atoms with Gasteiger partial charge in [-0.25, -0.2) is 8.78 Å². The summed E-state index contributed by atoms with van der Waals surface area (Å²) in [6.45, 7) is 6.13. The van der Waals surface area contributed by atoms with Gasteiger partial charge in [-0.3, -0.25) is 0 Å². The molecule has 0 aromatic heterocycles. The SMILES string of the molecule is CC(C)CNCC1CCC1c1c(F)cccc1F. The second-order valence-electron chi connectivity index (χ2n) is 5.63. The fourth-order valence-corrected chi connectivity index (χ4v) is 2.62. The number of hydrogen-bond donors (Lipinski definition) is 1. The van der Waals surface area contributed by atoms with Crippen LogP contribution in [0.5, 0.6) is 0 Å². The molecule has 3 heteroatoms. The zero-order valence-corrected chi connectivity index (χ0v) is 11.0. The normalized spacial score (nSPS) is 23.2. The molecule has 1 aromatic carbocycles. The molecule has 0 bridgehead atoms. The lowest BCUT2D eigenvalue weighted by atomic mass is 9.69. The highest BCUT2D eigenvalue weighted by molar-refractivity contribution is 5.26. The van der Waals surface area contributed by atoms with Gasteiger partial charge in [-0.1, -0.05) is 19.9 Å². The number of nitrogens with one attached hydrogen (secondary N) is 1. The molecular formula is C15H21F2N. The van der Waals surface area contributed by atoms with Gasteiger partial charge in [0.25, 0.3) is 0 Å². The van der Waals surface area contributed by atoms with E-state index < -0.39 is 11.6 Å². The van der Waals surface area contributed by atoms with Crippen molar-refractivity contribution in [3.8, 4) is 0 Å². The van der Waals surface area contributed by atoms with Crippen LogP contribution in [0.1, 0.15) is 38.2 Å². The quantitative estimate of drug-likeness (QED) is 0.843. The summed E-state index contributed by atoms with van der Waals surface area (Å²) in [7, 11) is 0. The molecule has 1 aliphatic rings. The molecule has 100 valence electrons. The molecule has 2 unspecified atom stereocenters. The van der Waals surface area contributed by atoms with E-state index in [1.165, 1.54) is 18.2 Å². The van der Waals surface area contributed by atoms with Crippen molar-refractivity contribution in [3.63, 3.8) is 0 Å². The van der Waals surface area contributed by atoms with E-state index >= 15 is 0 Å². The molecule has 1 aliphatic carbocycles. The summed E-state index contributed by atoms with van der Waals surface area (Å²) >= 11 is 0. The molecule has 0 amide bonds. The van der Waals surface area contributed by atoms with E-state index in [-0.39, 0.29) is 5.92 Å². The molecule has 0 spiro atoms. The Kier molecular flexibility index (Phi) is 4.33. The van der Waals surface area contributed by atoms with Gasteiger partial charge in [-0.15, -0.1) is 0 Å². The van der Waals surface area contributed by atoms with Crippen LogP contribution in [0.3, 0.4) is 0 Å². The first-order valence-corrected chi connectivity index (χ1v) is 6.74. The predicted octanol–water partition coefficient (Wildman–Crippen LogP) is 3.70. The second-order valence-corrected chi connectivity index (χ2v) is 5.63. The summed E-state index contributed by atoms with van der Waals surface area (Å²) < 4.78 is 27.4. The van der Waals surface area contributed by atoms with E-state index in [4.69, 9.17) is 0 Å². The van der Waals surface area contributed by atoms with Crippen molar-refractivity contribution in [1.29, 1.82) is 0 Å². The third-order valence-electron chi connectivity index (χ3n) is 3.75. The van der Waals surface area contributed by atoms with Crippen molar-refractivity contribution in [2.75, 3.05) is 13.1 Å². The number of rotatable bonds is 5. The van der Waals surface area contributed by atoms with Crippen molar-refractivity contribution in [2.45, 2.75) is 32.6 Å². The zero-order chi connectivity index (χ0) is 13.1. The largest absolute Gasteiger partial charge is 0.316 e. The maximum atomic E-state index is 13.7. The summed E-state index contributed by atoms with van der Waals surface area (Å²) in [4.78, 5) is 0. The van der Waals surface area contributed by atoms with Gasteiger partial charge in [0, 0.05) is 5.56 Å². The lowest BCUT2D eigenvalue weighted by Crippen LogP contribution is -2.36. The molecule has 0 saturated heterocycles. The van der Waals surface area contributed by atoms with E-state index in [1.807, 2.05) is 0 Å². The van der Waals surface area contributed by atoms with Gasteiger partial charge < -0.3 is 5.32 Å². The fraction of sp³-hybridized carbons (Fsp3) is 0.600. The highest BCUT2D eigenvalue weighted by Gasteiger charge is 2.35. The Bertz CT molecular complexity index is 383. The Morgan fingerprint density at radius 2 is 1.89 bits per heavy atom. The Balaban J connectivity index is 1.97. The molecule has 1 aromatic rings. The van der Waals surface area contributed by atoms with Gasteiger partial charge in [0.05, 0.1) is 0 Å². The third-order valence-corrected chi connectivity index (χ3v) is 3.75. The first kappa shape index (κ1) is 13.5. The minimum absolute atomic E-state index is 0.0471. The lowest BCUT2D eigenvalue weighted by Gasteiger charge is -2.37. The van der Waals surface area contributed by atoms with Gasteiger partial charge in [0.15, 0.2) is 0 Å².